The van der Waals surface area contributed by atoms with Crippen molar-refractivity contribution in [1.82, 2.24) is 10.6 Å². The van der Waals surface area contributed by atoms with Crippen LogP contribution in [0.2, 0.25) is 0 Å². The van der Waals surface area contributed by atoms with Crippen molar-refractivity contribution in [2.45, 2.75) is 44.8 Å². The summed E-state index contributed by atoms with van der Waals surface area (Å²) in [6.07, 6.45) is 3.87. The molecule has 2 N–H and O–H groups in total. The number of rotatable bonds is 5. The molecule has 1 aromatic rings. The van der Waals surface area contributed by atoms with Gasteiger partial charge in [0, 0.05) is 5.70 Å². The molecule has 1 aromatic carbocycles. The average molecular weight is 360 g/mol. The first-order chi connectivity index (χ1) is 12.5. The van der Waals surface area contributed by atoms with E-state index in [0.717, 1.165) is 31.2 Å². The van der Waals surface area contributed by atoms with E-state index in [1.165, 1.54) is 0 Å². The third-order valence-corrected chi connectivity index (χ3v) is 4.81. The normalized spacial score (nSPS) is 20.4. The van der Waals surface area contributed by atoms with E-state index >= 15 is 0 Å². The van der Waals surface area contributed by atoms with Crippen LogP contribution in [0.25, 0.3) is 0 Å². The summed E-state index contributed by atoms with van der Waals surface area (Å²) in [4.78, 5) is 24.8. The Labute approximate surface area is 152 Å². The maximum absolute atomic E-state index is 12.8. The monoisotopic (exact) mass is 360 g/mol. The van der Waals surface area contributed by atoms with Gasteiger partial charge in [0.15, 0.2) is 11.5 Å². The van der Waals surface area contributed by atoms with Gasteiger partial charge in [-0.15, -0.1) is 0 Å². The van der Waals surface area contributed by atoms with Crippen molar-refractivity contribution in [3.05, 3.63) is 35.0 Å². The topological polar surface area (TPSA) is 85.9 Å². The predicted octanol–water partition coefficient (Wildman–Crippen LogP) is 2.82. The van der Waals surface area contributed by atoms with E-state index in [-0.39, 0.29) is 12.1 Å². The standard InChI is InChI=1S/C19H24N2O5/c1-11-16(18(22)26-13-6-4-5-7-13)17(21-19(23)20-11)12-8-9-14(24-2)15(10-12)25-3/h8-10,13,17H,4-7H2,1-3H3,(H2,20,21,23)/t17-/m1/s1. The lowest BCUT2D eigenvalue weighted by Gasteiger charge is -2.29. The van der Waals surface area contributed by atoms with E-state index < -0.39 is 12.0 Å². The third-order valence-electron chi connectivity index (χ3n) is 4.81. The predicted molar refractivity (Wildman–Crippen MR) is 95.0 cm³/mol. The fourth-order valence-electron chi connectivity index (χ4n) is 3.47. The second kappa shape index (κ2) is 7.68. The van der Waals surface area contributed by atoms with Crippen molar-refractivity contribution in [3.63, 3.8) is 0 Å². The van der Waals surface area contributed by atoms with Gasteiger partial charge in [-0.1, -0.05) is 6.07 Å². The SMILES string of the molecule is COc1ccc([C@H]2NC(=O)NC(C)=C2C(=O)OC2CCCC2)cc1OC. The van der Waals surface area contributed by atoms with E-state index in [2.05, 4.69) is 10.6 Å². The van der Waals surface area contributed by atoms with Crippen LogP contribution in [0.1, 0.15) is 44.2 Å². The largest absolute Gasteiger partial charge is 0.493 e. The second-order valence-electron chi connectivity index (χ2n) is 6.50. The fourth-order valence-corrected chi connectivity index (χ4v) is 3.47. The van der Waals surface area contributed by atoms with Gasteiger partial charge in [-0.2, -0.15) is 0 Å². The lowest BCUT2D eigenvalue weighted by molar-refractivity contribution is -0.144. The first kappa shape index (κ1) is 18.1. The number of allylic oxidation sites excluding steroid dienone is 1. The molecule has 7 nitrogen and oxygen atoms in total. The average Bonchev–Trinajstić information content (AvgIpc) is 3.13. The van der Waals surface area contributed by atoms with Crippen LogP contribution in [0.5, 0.6) is 11.5 Å². The summed E-state index contributed by atoms with van der Waals surface area (Å²) < 4.78 is 16.3. The van der Waals surface area contributed by atoms with E-state index in [1.54, 1.807) is 39.3 Å². The van der Waals surface area contributed by atoms with Gasteiger partial charge in [0.2, 0.25) is 0 Å². The molecular formula is C19H24N2O5. The Balaban J connectivity index is 1.93. The number of methoxy groups -OCH3 is 2. The molecule has 0 aromatic heterocycles. The lowest BCUT2D eigenvalue weighted by atomic mass is 9.95. The number of ether oxygens (including phenoxy) is 3. The molecule has 140 valence electrons. The Bertz CT molecular complexity index is 737. The van der Waals surface area contributed by atoms with Gasteiger partial charge < -0.3 is 24.8 Å². The van der Waals surface area contributed by atoms with Crippen LogP contribution in [-0.4, -0.2) is 32.3 Å². The number of amides is 2. The van der Waals surface area contributed by atoms with Gasteiger partial charge in [0.1, 0.15) is 6.10 Å². The van der Waals surface area contributed by atoms with Crippen molar-refractivity contribution >= 4 is 12.0 Å². The van der Waals surface area contributed by atoms with Crippen LogP contribution < -0.4 is 20.1 Å². The van der Waals surface area contributed by atoms with Crippen molar-refractivity contribution in [3.8, 4) is 11.5 Å². The smallest absolute Gasteiger partial charge is 0.338 e. The first-order valence-electron chi connectivity index (χ1n) is 8.74. The van der Waals surface area contributed by atoms with Gasteiger partial charge in [-0.25, -0.2) is 9.59 Å². The molecule has 1 atom stereocenters. The molecule has 0 unspecified atom stereocenters. The van der Waals surface area contributed by atoms with E-state index in [0.29, 0.717) is 22.8 Å². The number of nitrogens with one attached hydrogen (secondary N) is 2. The summed E-state index contributed by atoms with van der Waals surface area (Å²) in [5.41, 5.74) is 1.62. The number of carbonyl (C=O) groups is 2. The van der Waals surface area contributed by atoms with Crippen LogP contribution in [-0.2, 0) is 9.53 Å². The highest BCUT2D eigenvalue weighted by Crippen LogP contribution is 2.35. The molecule has 7 heteroatoms. The third kappa shape index (κ3) is 3.61. The number of hydrogen-bond donors (Lipinski definition) is 2. The minimum atomic E-state index is -0.613. The number of hydrogen-bond acceptors (Lipinski definition) is 5. The quantitative estimate of drug-likeness (QED) is 0.789. The number of carbonyl (C=O) groups excluding carboxylic acids is 2. The van der Waals surface area contributed by atoms with Crippen LogP contribution in [0.15, 0.2) is 29.5 Å². The van der Waals surface area contributed by atoms with Gasteiger partial charge in [-0.3, -0.25) is 0 Å². The highest BCUT2D eigenvalue weighted by molar-refractivity contribution is 5.95. The number of esters is 1. The Morgan fingerprint density at radius 2 is 1.81 bits per heavy atom. The first-order valence-corrected chi connectivity index (χ1v) is 8.74. The van der Waals surface area contributed by atoms with Crippen molar-refractivity contribution in [2.24, 2.45) is 0 Å². The van der Waals surface area contributed by atoms with E-state index in [9.17, 15) is 9.59 Å². The Morgan fingerprint density at radius 3 is 2.46 bits per heavy atom. The summed E-state index contributed by atoms with van der Waals surface area (Å²) in [7, 11) is 3.09. The maximum Gasteiger partial charge on any atom is 0.338 e. The molecule has 1 saturated carbocycles. The summed E-state index contributed by atoms with van der Waals surface area (Å²) in [6, 6.07) is 4.33. The van der Waals surface area contributed by atoms with Gasteiger partial charge in [0.25, 0.3) is 0 Å². The lowest BCUT2D eigenvalue weighted by Crippen LogP contribution is -2.45. The molecule has 0 bridgehead atoms. The molecule has 2 amide bonds. The summed E-state index contributed by atoms with van der Waals surface area (Å²) in [6.45, 7) is 1.71. The van der Waals surface area contributed by atoms with Crippen LogP contribution in [0.3, 0.4) is 0 Å². The van der Waals surface area contributed by atoms with E-state index in [4.69, 9.17) is 14.2 Å². The maximum atomic E-state index is 12.8. The summed E-state index contributed by atoms with van der Waals surface area (Å²) in [5.74, 6) is 0.702. The van der Waals surface area contributed by atoms with Gasteiger partial charge in [-0.05, 0) is 50.3 Å². The highest BCUT2D eigenvalue weighted by atomic mass is 16.5. The molecule has 0 radical (unpaired) electrons. The van der Waals surface area contributed by atoms with Crippen molar-refractivity contribution < 1.29 is 23.8 Å². The van der Waals surface area contributed by atoms with Gasteiger partial charge >= 0.3 is 12.0 Å². The molecule has 1 aliphatic carbocycles. The number of urea groups is 1. The summed E-state index contributed by atoms with van der Waals surface area (Å²) in [5, 5.41) is 5.46. The Morgan fingerprint density at radius 1 is 1.12 bits per heavy atom. The fraction of sp³-hybridized carbons (Fsp3) is 0.474. The van der Waals surface area contributed by atoms with Gasteiger partial charge in [0.05, 0.1) is 25.8 Å². The molecule has 0 spiro atoms. The van der Waals surface area contributed by atoms with Crippen molar-refractivity contribution in [2.75, 3.05) is 14.2 Å². The second-order valence-corrected chi connectivity index (χ2v) is 6.50. The summed E-state index contributed by atoms with van der Waals surface area (Å²) >= 11 is 0. The zero-order valence-corrected chi connectivity index (χ0v) is 15.3. The molecule has 1 aliphatic heterocycles. The molecule has 1 heterocycles. The minimum absolute atomic E-state index is 0.0496. The molecule has 2 aliphatic rings. The van der Waals surface area contributed by atoms with Crippen LogP contribution in [0.4, 0.5) is 4.79 Å². The highest BCUT2D eigenvalue weighted by Gasteiger charge is 2.34. The molecule has 0 saturated heterocycles. The van der Waals surface area contributed by atoms with Crippen molar-refractivity contribution in [1.29, 1.82) is 0 Å². The Hall–Kier alpha value is -2.70. The molecule has 26 heavy (non-hydrogen) atoms. The molecule has 3 rings (SSSR count). The molecule has 1 fully saturated rings. The molecular weight excluding hydrogens is 336 g/mol. The number of benzene rings is 1. The van der Waals surface area contributed by atoms with Crippen LogP contribution in [0, 0.1) is 0 Å². The zero-order chi connectivity index (χ0) is 18.7. The minimum Gasteiger partial charge on any atom is -0.493 e. The van der Waals surface area contributed by atoms with Crippen LogP contribution >= 0.6 is 0 Å². The zero-order valence-electron chi connectivity index (χ0n) is 15.3. The van der Waals surface area contributed by atoms with E-state index in [1.807, 2.05) is 0 Å². The Kier molecular flexibility index (Phi) is 5.35.